The average Bonchev–Trinajstić information content (AvgIpc) is 2.99. The minimum absolute atomic E-state index is 0.135. The molecule has 1 amide bonds. The van der Waals surface area contributed by atoms with E-state index in [1.165, 1.54) is 12.0 Å². The maximum absolute atomic E-state index is 11.8. The van der Waals surface area contributed by atoms with Crippen LogP contribution >= 0.6 is 11.3 Å². The van der Waals surface area contributed by atoms with Gasteiger partial charge in [-0.1, -0.05) is 0 Å². The molecule has 0 bridgehead atoms. The number of hydrogen-bond acceptors (Lipinski definition) is 3. The molecule has 0 spiro atoms. The van der Waals surface area contributed by atoms with Gasteiger partial charge in [0.15, 0.2) is 0 Å². The minimum atomic E-state index is 0.135. The van der Waals surface area contributed by atoms with Crippen LogP contribution in [0.15, 0.2) is 16.8 Å². The highest BCUT2D eigenvalue weighted by molar-refractivity contribution is 7.07. The second kappa shape index (κ2) is 6.17. The fraction of sp³-hybridized carbons (Fsp3) is 0.615. The number of hydrogen-bond donors (Lipinski definition) is 2. The van der Waals surface area contributed by atoms with E-state index in [1.807, 2.05) is 12.3 Å². The normalized spacial score (nSPS) is 21.4. The maximum Gasteiger partial charge on any atom is 0.220 e. The Balaban J connectivity index is 1.69. The van der Waals surface area contributed by atoms with Gasteiger partial charge in [-0.05, 0) is 61.2 Å². The lowest BCUT2D eigenvalue weighted by atomic mass is 10.0. The Kier molecular flexibility index (Phi) is 4.57. The average molecular weight is 252 g/mol. The fourth-order valence-electron chi connectivity index (χ4n) is 2.21. The van der Waals surface area contributed by atoms with Gasteiger partial charge in [0.1, 0.15) is 0 Å². The van der Waals surface area contributed by atoms with E-state index in [1.54, 1.807) is 11.3 Å². The van der Waals surface area contributed by atoms with Crippen molar-refractivity contribution in [2.45, 2.75) is 32.2 Å². The minimum Gasteiger partial charge on any atom is -0.350 e. The summed E-state index contributed by atoms with van der Waals surface area (Å²) >= 11 is 1.67. The lowest BCUT2D eigenvalue weighted by molar-refractivity contribution is -0.122. The van der Waals surface area contributed by atoms with Gasteiger partial charge in [-0.3, -0.25) is 4.79 Å². The van der Waals surface area contributed by atoms with Gasteiger partial charge in [0.05, 0.1) is 6.04 Å². The lowest BCUT2D eigenvalue weighted by Gasteiger charge is -2.13. The second-order valence-corrected chi connectivity index (χ2v) is 5.52. The van der Waals surface area contributed by atoms with Crippen molar-refractivity contribution in [2.24, 2.45) is 5.92 Å². The van der Waals surface area contributed by atoms with E-state index in [4.69, 9.17) is 0 Å². The number of carbonyl (C=O) groups excluding carboxylic acids is 1. The molecule has 3 nitrogen and oxygen atoms in total. The van der Waals surface area contributed by atoms with E-state index in [2.05, 4.69) is 22.1 Å². The van der Waals surface area contributed by atoms with Crippen molar-refractivity contribution in [1.82, 2.24) is 10.6 Å². The first-order valence-electron chi connectivity index (χ1n) is 6.28. The van der Waals surface area contributed by atoms with Crippen molar-refractivity contribution >= 4 is 17.2 Å². The highest BCUT2D eigenvalue weighted by Crippen LogP contribution is 2.17. The van der Waals surface area contributed by atoms with Gasteiger partial charge in [0.25, 0.3) is 0 Å². The Morgan fingerprint density at radius 1 is 1.71 bits per heavy atom. The van der Waals surface area contributed by atoms with E-state index < -0.39 is 0 Å². The van der Waals surface area contributed by atoms with Crippen molar-refractivity contribution in [2.75, 3.05) is 13.1 Å². The highest BCUT2D eigenvalue weighted by atomic mass is 32.1. The van der Waals surface area contributed by atoms with Crippen LogP contribution in [0.4, 0.5) is 0 Å². The van der Waals surface area contributed by atoms with Crippen LogP contribution in [0, 0.1) is 5.92 Å². The summed E-state index contributed by atoms with van der Waals surface area (Å²) in [6.45, 7) is 4.22. The molecule has 1 fully saturated rings. The maximum atomic E-state index is 11.8. The summed E-state index contributed by atoms with van der Waals surface area (Å²) < 4.78 is 0. The number of amides is 1. The zero-order valence-electron chi connectivity index (χ0n) is 10.2. The van der Waals surface area contributed by atoms with Crippen molar-refractivity contribution in [3.63, 3.8) is 0 Å². The first kappa shape index (κ1) is 12.6. The molecule has 2 atom stereocenters. The Hall–Kier alpha value is -0.870. The predicted octanol–water partition coefficient (Wildman–Crippen LogP) is 2.32. The molecular weight excluding hydrogens is 232 g/mol. The third-order valence-electron chi connectivity index (χ3n) is 3.36. The molecule has 0 aromatic carbocycles. The summed E-state index contributed by atoms with van der Waals surface area (Å²) in [5.41, 5.74) is 1.20. The van der Waals surface area contributed by atoms with Gasteiger partial charge >= 0.3 is 0 Å². The molecular formula is C13H20N2OS. The molecule has 94 valence electrons. The molecule has 1 saturated heterocycles. The summed E-state index contributed by atoms with van der Waals surface area (Å²) in [6.07, 6.45) is 2.88. The summed E-state index contributed by atoms with van der Waals surface area (Å²) in [7, 11) is 0. The summed E-state index contributed by atoms with van der Waals surface area (Å²) in [6, 6.07) is 2.20. The molecule has 4 heteroatoms. The van der Waals surface area contributed by atoms with E-state index in [-0.39, 0.29) is 11.9 Å². The summed E-state index contributed by atoms with van der Waals surface area (Å²) in [5, 5.41) is 10.5. The van der Waals surface area contributed by atoms with E-state index >= 15 is 0 Å². The van der Waals surface area contributed by atoms with E-state index in [0.717, 1.165) is 19.5 Å². The summed E-state index contributed by atoms with van der Waals surface area (Å²) in [5.74, 6) is 0.868. The van der Waals surface area contributed by atoms with Crippen LogP contribution in [0.1, 0.15) is 37.8 Å². The van der Waals surface area contributed by atoms with Crippen molar-refractivity contribution in [3.8, 4) is 0 Å². The topological polar surface area (TPSA) is 41.1 Å². The molecule has 2 rings (SSSR count). The number of thiophene rings is 1. The van der Waals surface area contributed by atoms with Crippen molar-refractivity contribution < 1.29 is 4.79 Å². The Morgan fingerprint density at radius 3 is 3.24 bits per heavy atom. The number of rotatable bonds is 5. The van der Waals surface area contributed by atoms with Gasteiger partial charge in [-0.2, -0.15) is 11.3 Å². The lowest BCUT2D eigenvalue weighted by Crippen LogP contribution is -2.26. The molecule has 2 heterocycles. The molecule has 1 aromatic rings. The first-order chi connectivity index (χ1) is 8.25. The van der Waals surface area contributed by atoms with Crippen LogP contribution in [-0.2, 0) is 4.79 Å². The Morgan fingerprint density at radius 2 is 2.59 bits per heavy atom. The van der Waals surface area contributed by atoms with Gasteiger partial charge in [-0.25, -0.2) is 0 Å². The third kappa shape index (κ3) is 3.82. The van der Waals surface area contributed by atoms with Crippen LogP contribution in [0.25, 0.3) is 0 Å². The van der Waals surface area contributed by atoms with Crippen molar-refractivity contribution in [1.29, 1.82) is 0 Å². The van der Waals surface area contributed by atoms with Crippen LogP contribution in [0.2, 0.25) is 0 Å². The molecule has 1 aromatic heterocycles. The fourth-order valence-corrected chi connectivity index (χ4v) is 2.97. The molecule has 1 aliphatic heterocycles. The zero-order valence-corrected chi connectivity index (χ0v) is 11.1. The Bertz CT molecular complexity index is 344. The van der Waals surface area contributed by atoms with Gasteiger partial charge in [0, 0.05) is 6.42 Å². The number of carbonyl (C=O) groups is 1. The van der Waals surface area contributed by atoms with Crippen LogP contribution in [0.3, 0.4) is 0 Å². The molecule has 0 saturated carbocycles. The SMILES string of the molecule is CC(NC(=O)CCC1CCNC1)c1ccsc1. The standard InChI is InChI=1S/C13H20N2OS/c1-10(12-5-7-17-9-12)15-13(16)3-2-11-4-6-14-8-11/h5,7,9-11,14H,2-4,6,8H2,1H3,(H,15,16). The van der Waals surface area contributed by atoms with Crippen LogP contribution in [-0.4, -0.2) is 19.0 Å². The largest absolute Gasteiger partial charge is 0.350 e. The molecule has 0 radical (unpaired) electrons. The van der Waals surface area contributed by atoms with Gasteiger partial charge < -0.3 is 10.6 Å². The monoisotopic (exact) mass is 252 g/mol. The van der Waals surface area contributed by atoms with E-state index in [0.29, 0.717) is 12.3 Å². The predicted molar refractivity (Wildman–Crippen MR) is 71.1 cm³/mol. The first-order valence-corrected chi connectivity index (χ1v) is 7.22. The smallest absolute Gasteiger partial charge is 0.220 e. The molecule has 1 aliphatic rings. The van der Waals surface area contributed by atoms with Crippen LogP contribution < -0.4 is 10.6 Å². The second-order valence-electron chi connectivity index (χ2n) is 4.74. The zero-order chi connectivity index (χ0) is 12.1. The van der Waals surface area contributed by atoms with E-state index in [9.17, 15) is 4.79 Å². The van der Waals surface area contributed by atoms with Gasteiger partial charge in [0.2, 0.25) is 5.91 Å². The quantitative estimate of drug-likeness (QED) is 0.844. The molecule has 2 unspecified atom stereocenters. The van der Waals surface area contributed by atoms with Crippen molar-refractivity contribution in [3.05, 3.63) is 22.4 Å². The molecule has 2 N–H and O–H groups in total. The van der Waals surface area contributed by atoms with Gasteiger partial charge in [-0.15, -0.1) is 0 Å². The molecule has 17 heavy (non-hydrogen) atoms. The Labute approximate surface area is 107 Å². The summed E-state index contributed by atoms with van der Waals surface area (Å²) in [4.78, 5) is 11.8. The highest BCUT2D eigenvalue weighted by Gasteiger charge is 2.16. The molecule has 0 aliphatic carbocycles. The number of nitrogens with one attached hydrogen (secondary N) is 2. The van der Waals surface area contributed by atoms with Crippen LogP contribution in [0.5, 0.6) is 0 Å². The third-order valence-corrected chi connectivity index (χ3v) is 4.06.